The van der Waals surface area contributed by atoms with E-state index in [4.69, 9.17) is 4.74 Å². The first-order chi connectivity index (χ1) is 11.8. The van der Waals surface area contributed by atoms with Crippen LogP contribution < -0.4 is 14.9 Å². The van der Waals surface area contributed by atoms with Gasteiger partial charge in [-0.2, -0.15) is 23.4 Å². The third-order valence-electron chi connectivity index (χ3n) is 3.20. The number of halogens is 3. The SMILES string of the molecule is COc1cc(C(=O)N/N=C/c2c(C)nn(C)c2F)ccc1OC(F)F. The highest BCUT2D eigenvalue weighted by molar-refractivity contribution is 5.95. The lowest BCUT2D eigenvalue weighted by atomic mass is 10.2. The number of methoxy groups -OCH3 is 1. The number of ether oxygens (including phenoxy) is 2. The van der Waals surface area contributed by atoms with Gasteiger partial charge in [-0.25, -0.2) is 10.1 Å². The number of hydrogen-bond donors (Lipinski definition) is 1. The summed E-state index contributed by atoms with van der Waals surface area (Å²) in [6.45, 7) is -1.42. The molecule has 7 nitrogen and oxygen atoms in total. The van der Waals surface area contributed by atoms with E-state index in [-0.39, 0.29) is 22.6 Å². The second-order valence-corrected chi connectivity index (χ2v) is 4.86. The number of hydrazone groups is 1. The lowest BCUT2D eigenvalue weighted by Gasteiger charge is -2.10. The number of carbonyl (C=O) groups excluding carboxylic acids is 1. The van der Waals surface area contributed by atoms with Crippen LogP contribution in [0.5, 0.6) is 11.5 Å². The molecule has 1 amide bonds. The fraction of sp³-hybridized carbons (Fsp3) is 0.267. The molecule has 0 aliphatic rings. The molecule has 0 saturated carbocycles. The number of aryl methyl sites for hydroxylation is 2. The Morgan fingerprint density at radius 2 is 2.12 bits per heavy atom. The minimum absolute atomic E-state index is 0.0360. The first-order valence-corrected chi connectivity index (χ1v) is 6.98. The normalized spacial score (nSPS) is 11.2. The van der Waals surface area contributed by atoms with Crippen molar-refractivity contribution in [2.45, 2.75) is 13.5 Å². The summed E-state index contributed by atoms with van der Waals surface area (Å²) in [5, 5.41) is 7.54. The van der Waals surface area contributed by atoms with Gasteiger partial charge in [-0.3, -0.25) is 4.79 Å². The molecule has 1 heterocycles. The van der Waals surface area contributed by atoms with Gasteiger partial charge < -0.3 is 9.47 Å². The molecule has 0 radical (unpaired) electrons. The molecule has 1 N–H and O–H groups in total. The van der Waals surface area contributed by atoms with E-state index >= 15 is 0 Å². The highest BCUT2D eigenvalue weighted by Gasteiger charge is 2.14. The Bertz CT molecular complexity index is 806. The number of benzene rings is 1. The monoisotopic (exact) mass is 356 g/mol. The first kappa shape index (κ1) is 18.3. The Kier molecular flexibility index (Phi) is 5.63. The predicted octanol–water partition coefficient (Wildman–Crippen LogP) is 2.24. The van der Waals surface area contributed by atoms with Crippen molar-refractivity contribution in [1.29, 1.82) is 0 Å². The van der Waals surface area contributed by atoms with Gasteiger partial charge in [0.25, 0.3) is 5.91 Å². The van der Waals surface area contributed by atoms with Crippen molar-refractivity contribution < 1.29 is 27.4 Å². The maximum Gasteiger partial charge on any atom is 0.387 e. The zero-order valence-electron chi connectivity index (χ0n) is 13.6. The molecule has 25 heavy (non-hydrogen) atoms. The Balaban J connectivity index is 2.11. The molecule has 0 saturated heterocycles. The molecule has 0 bridgehead atoms. The number of hydrogen-bond acceptors (Lipinski definition) is 5. The minimum atomic E-state index is -3.02. The molecular formula is C15H15F3N4O3. The molecule has 10 heteroatoms. The standard InChI is InChI=1S/C15H15F3N4O3/c1-8-10(13(16)22(2)21-8)7-19-20-14(23)9-4-5-11(25-15(17)18)12(6-9)24-3/h4-7,15H,1-3H3,(H,20,23)/b19-7+. The van der Waals surface area contributed by atoms with Crippen LogP contribution >= 0.6 is 0 Å². The third-order valence-corrected chi connectivity index (χ3v) is 3.20. The van der Waals surface area contributed by atoms with Crippen LogP contribution in [0.15, 0.2) is 23.3 Å². The zero-order chi connectivity index (χ0) is 18.6. The summed E-state index contributed by atoms with van der Waals surface area (Å²) in [6.07, 6.45) is 1.13. The number of nitrogens with one attached hydrogen (secondary N) is 1. The van der Waals surface area contributed by atoms with Crippen LogP contribution in [0, 0.1) is 12.9 Å². The number of alkyl halides is 2. The Hall–Kier alpha value is -3.04. The summed E-state index contributed by atoms with van der Waals surface area (Å²) >= 11 is 0. The van der Waals surface area contributed by atoms with Gasteiger partial charge in [0.2, 0.25) is 5.95 Å². The molecule has 0 aliphatic carbocycles. The average Bonchev–Trinajstić information content (AvgIpc) is 2.80. The fourth-order valence-corrected chi connectivity index (χ4v) is 2.02. The van der Waals surface area contributed by atoms with Crippen LogP contribution in [0.3, 0.4) is 0 Å². The topological polar surface area (TPSA) is 77.7 Å². The Labute approximate surface area is 141 Å². The summed E-state index contributed by atoms with van der Waals surface area (Å²) in [7, 11) is 2.69. The molecule has 0 spiro atoms. The molecule has 1 aromatic heterocycles. The average molecular weight is 356 g/mol. The van der Waals surface area contributed by atoms with E-state index in [0.717, 1.165) is 10.9 Å². The third kappa shape index (κ3) is 4.28. The van der Waals surface area contributed by atoms with Crippen molar-refractivity contribution in [2.24, 2.45) is 12.1 Å². The summed E-state index contributed by atoms with van der Waals surface area (Å²) in [5.74, 6) is -1.47. The number of aromatic nitrogens is 2. The van der Waals surface area contributed by atoms with E-state index in [1.54, 1.807) is 6.92 Å². The van der Waals surface area contributed by atoms with Crippen molar-refractivity contribution in [3.63, 3.8) is 0 Å². The largest absolute Gasteiger partial charge is 0.493 e. The van der Waals surface area contributed by atoms with E-state index in [9.17, 15) is 18.0 Å². The molecule has 0 aliphatic heterocycles. The van der Waals surface area contributed by atoms with Crippen LogP contribution in [-0.4, -0.2) is 35.6 Å². The summed E-state index contributed by atoms with van der Waals surface area (Å²) in [5.41, 5.74) is 2.85. The van der Waals surface area contributed by atoms with Gasteiger partial charge in [-0.15, -0.1) is 0 Å². The number of rotatable bonds is 6. The molecular weight excluding hydrogens is 341 g/mol. The molecule has 2 rings (SSSR count). The second-order valence-electron chi connectivity index (χ2n) is 4.86. The van der Waals surface area contributed by atoms with Crippen LogP contribution in [0.4, 0.5) is 13.2 Å². The van der Waals surface area contributed by atoms with Gasteiger partial charge in [0.1, 0.15) is 0 Å². The lowest BCUT2D eigenvalue weighted by Crippen LogP contribution is -2.18. The van der Waals surface area contributed by atoms with Crippen LogP contribution in [-0.2, 0) is 7.05 Å². The van der Waals surface area contributed by atoms with Crippen LogP contribution in [0.1, 0.15) is 21.6 Å². The van der Waals surface area contributed by atoms with Gasteiger partial charge in [0, 0.05) is 12.6 Å². The Morgan fingerprint density at radius 3 is 2.68 bits per heavy atom. The minimum Gasteiger partial charge on any atom is -0.493 e. The lowest BCUT2D eigenvalue weighted by molar-refractivity contribution is -0.0512. The predicted molar refractivity (Wildman–Crippen MR) is 82.6 cm³/mol. The molecule has 134 valence electrons. The summed E-state index contributed by atoms with van der Waals surface area (Å²) in [4.78, 5) is 12.0. The van der Waals surface area contributed by atoms with Crippen molar-refractivity contribution in [2.75, 3.05) is 7.11 Å². The molecule has 0 atom stereocenters. The molecule has 0 fully saturated rings. The van der Waals surface area contributed by atoms with E-state index in [1.807, 2.05) is 0 Å². The smallest absolute Gasteiger partial charge is 0.387 e. The zero-order valence-corrected chi connectivity index (χ0v) is 13.6. The van der Waals surface area contributed by atoms with Gasteiger partial charge in [-0.05, 0) is 25.1 Å². The quantitative estimate of drug-likeness (QED) is 0.636. The van der Waals surface area contributed by atoms with Gasteiger partial charge in [-0.1, -0.05) is 0 Å². The maximum atomic E-state index is 13.7. The fourth-order valence-electron chi connectivity index (χ4n) is 2.02. The molecule has 2 aromatic rings. The summed E-state index contributed by atoms with van der Waals surface area (Å²) < 4.78 is 48.5. The maximum absolute atomic E-state index is 13.7. The van der Waals surface area contributed by atoms with Crippen molar-refractivity contribution in [3.05, 3.63) is 41.0 Å². The van der Waals surface area contributed by atoms with Gasteiger partial charge >= 0.3 is 6.61 Å². The van der Waals surface area contributed by atoms with Crippen LogP contribution in [0.25, 0.3) is 0 Å². The van der Waals surface area contributed by atoms with E-state index in [1.165, 1.54) is 32.4 Å². The van der Waals surface area contributed by atoms with Gasteiger partial charge in [0.05, 0.1) is 24.6 Å². The first-order valence-electron chi connectivity index (χ1n) is 6.98. The van der Waals surface area contributed by atoms with E-state index in [0.29, 0.717) is 5.69 Å². The number of carbonyl (C=O) groups is 1. The number of amides is 1. The molecule has 0 unspecified atom stereocenters. The van der Waals surface area contributed by atoms with Crippen molar-refractivity contribution in [3.8, 4) is 11.5 Å². The second kappa shape index (κ2) is 7.69. The highest BCUT2D eigenvalue weighted by Crippen LogP contribution is 2.29. The van der Waals surface area contributed by atoms with Crippen molar-refractivity contribution in [1.82, 2.24) is 15.2 Å². The van der Waals surface area contributed by atoms with E-state index in [2.05, 4.69) is 20.4 Å². The highest BCUT2D eigenvalue weighted by atomic mass is 19.3. The Morgan fingerprint density at radius 1 is 1.40 bits per heavy atom. The summed E-state index contributed by atoms with van der Waals surface area (Å²) in [6, 6.07) is 3.66. The van der Waals surface area contributed by atoms with E-state index < -0.39 is 18.5 Å². The number of nitrogens with zero attached hydrogens (tertiary/aromatic N) is 3. The van der Waals surface area contributed by atoms with Crippen LogP contribution in [0.2, 0.25) is 0 Å². The molecule has 1 aromatic carbocycles. The van der Waals surface area contributed by atoms with Gasteiger partial charge in [0.15, 0.2) is 11.5 Å². The van der Waals surface area contributed by atoms with Crippen molar-refractivity contribution >= 4 is 12.1 Å².